The summed E-state index contributed by atoms with van der Waals surface area (Å²) in [6, 6.07) is 5.24. The van der Waals surface area contributed by atoms with Gasteiger partial charge >= 0.3 is 12.0 Å². The van der Waals surface area contributed by atoms with E-state index in [2.05, 4.69) is 37.2 Å². The zero-order chi connectivity index (χ0) is 15.6. The number of aliphatic carboxylic acids is 1. The second kappa shape index (κ2) is 6.36. The minimum absolute atomic E-state index is 0.243. The largest absolute Gasteiger partial charge is 0.481 e. The maximum atomic E-state index is 12.3. The number of para-hydroxylation sites is 1. The van der Waals surface area contributed by atoms with E-state index in [0.29, 0.717) is 25.1 Å². The fourth-order valence-electron chi connectivity index (χ4n) is 2.46. The Morgan fingerprint density at radius 2 is 2.00 bits per heavy atom. The molecule has 0 saturated carbocycles. The van der Waals surface area contributed by atoms with E-state index in [0.717, 1.165) is 8.95 Å². The van der Waals surface area contributed by atoms with E-state index in [4.69, 9.17) is 0 Å². The number of hydrogen-bond acceptors (Lipinski definition) is 2. The average Bonchev–Trinajstić information content (AvgIpc) is 2.89. The summed E-state index contributed by atoms with van der Waals surface area (Å²) in [5.41, 5.74) is -0.172. The predicted molar refractivity (Wildman–Crippen MR) is 87.4 cm³/mol. The van der Waals surface area contributed by atoms with Gasteiger partial charge in [0.15, 0.2) is 0 Å². The van der Waals surface area contributed by atoms with Crippen LogP contribution in [0.3, 0.4) is 0 Å². The van der Waals surface area contributed by atoms with Crippen molar-refractivity contribution in [2.75, 3.05) is 18.4 Å². The maximum Gasteiger partial charge on any atom is 0.321 e. The molecule has 0 aliphatic carbocycles. The number of urea groups is 1. The predicted octanol–water partition coefficient (Wildman–Crippen LogP) is 3.93. The molecule has 2 N–H and O–H groups in total. The van der Waals surface area contributed by atoms with Crippen LogP contribution >= 0.6 is 31.9 Å². The number of hydrogen-bond donors (Lipinski definition) is 2. The summed E-state index contributed by atoms with van der Waals surface area (Å²) in [7, 11) is 0. The van der Waals surface area contributed by atoms with Crippen LogP contribution in [0.5, 0.6) is 0 Å². The Morgan fingerprint density at radius 1 is 1.38 bits per heavy atom. The molecule has 1 saturated heterocycles. The van der Waals surface area contributed by atoms with Gasteiger partial charge in [0, 0.05) is 22.0 Å². The third-order valence-corrected chi connectivity index (χ3v) is 5.29. The first-order valence-corrected chi connectivity index (χ1v) is 8.21. The highest BCUT2D eigenvalue weighted by molar-refractivity contribution is 9.11. The van der Waals surface area contributed by atoms with E-state index in [1.165, 1.54) is 0 Å². The van der Waals surface area contributed by atoms with Crippen LogP contribution in [0.1, 0.15) is 19.8 Å². The van der Waals surface area contributed by atoms with Gasteiger partial charge in [0.1, 0.15) is 0 Å². The second-order valence-electron chi connectivity index (χ2n) is 5.14. The Bertz CT molecular complexity index is 559. The fourth-order valence-corrected chi connectivity index (χ4v) is 3.66. The Kier molecular flexibility index (Phi) is 4.93. The number of rotatable bonds is 3. The Labute approximate surface area is 140 Å². The first-order chi connectivity index (χ1) is 9.89. The van der Waals surface area contributed by atoms with Crippen LogP contribution in [-0.2, 0) is 4.79 Å². The van der Waals surface area contributed by atoms with Gasteiger partial charge in [-0.1, -0.05) is 13.0 Å². The number of amides is 2. The monoisotopic (exact) mass is 418 g/mol. The van der Waals surface area contributed by atoms with Gasteiger partial charge in [0.25, 0.3) is 0 Å². The number of nitrogens with zero attached hydrogens (tertiary/aromatic N) is 1. The molecule has 21 heavy (non-hydrogen) atoms. The number of likely N-dealkylation sites (tertiary alicyclic amines) is 1. The van der Waals surface area contributed by atoms with Gasteiger partial charge in [-0.15, -0.1) is 0 Å². The lowest BCUT2D eigenvalue weighted by Crippen LogP contribution is -2.38. The normalized spacial score (nSPS) is 21.4. The van der Waals surface area contributed by atoms with Crippen LogP contribution in [0, 0.1) is 5.41 Å². The molecule has 1 aromatic rings. The second-order valence-corrected chi connectivity index (χ2v) is 6.85. The number of halogens is 2. The number of nitrogens with one attached hydrogen (secondary N) is 1. The molecule has 0 radical (unpaired) electrons. The lowest BCUT2D eigenvalue weighted by atomic mass is 9.84. The standard InChI is InChI=1S/C14H16Br2N2O3/c1-2-14(12(19)20)6-7-18(8-14)13(21)17-11-9(15)4-3-5-10(11)16/h3-5H,2,6-8H2,1H3,(H,17,21)(H,19,20). The Hall–Kier alpha value is -1.08. The van der Waals surface area contributed by atoms with E-state index in [-0.39, 0.29) is 12.6 Å². The van der Waals surface area contributed by atoms with Gasteiger partial charge in [-0.2, -0.15) is 0 Å². The molecule has 1 aliphatic heterocycles. The molecule has 0 bridgehead atoms. The smallest absolute Gasteiger partial charge is 0.321 e. The molecule has 2 amide bonds. The number of benzene rings is 1. The minimum Gasteiger partial charge on any atom is -0.481 e. The lowest BCUT2D eigenvalue weighted by molar-refractivity contribution is -0.148. The molecule has 1 aromatic carbocycles. The van der Waals surface area contributed by atoms with Crippen molar-refractivity contribution in [3.63, 3.8) is 0 Å². The van der Waals surface area contributed by atoms with Crippen molar-refractivity contribution in [2.45, 2.75) is 19.8 Å². The highest BCUT2D eigenvalue weighted by Gasteiger charge is 2.44. The average molecular weight is 420 g/mol. The van der Waals surface area contributed by atoms with Crippen LogP contribution in [0.4, 0.5) is 10.5 Å². The van der Waals surface area contributed by atoms with E-state index < -0.39 is 11.4 Å². The molecule has 2 rings (SSSR count). The molecule has 0 aromatic heterocycles. The first kappa shape index (κ1) is 16.3. The number of carboxylic acids is 1. The number of carbonyl (C=O) groups excluding carboxylic acids is 1. The first-order valence-electron chi connectivity index (χ1n) is 6.63. The number of anilines is 1. The zero-order valence-corrected chi connectivity index (χ0v) is 14.7. The number of carbonyl (C=O) groups is 2. The highest BCUT2D eigenvalue weighted by Crippen LogP contribution is 2.35. The molecule has 1 heterocycles. The van der Waals surface area contributed by atoms with E-state index in [1.807, 2.05) is 25.1 Å². The van der Waals surface area contributed by atoms with Crippen LogP contribution in [0.25, 0.3) is 0 Å². The summed E-state index contributed by atoms with van der Waals surface area (Å²) < 4.78 is 1.54. The molecule has 7 heteroatoms. The molecule has 0 spiro atoms. The molecule has 114 valence electrons. The summed E-state index contributed by atoms with van der Waals surface area (Å²) in [4.78, 5) is 25.3. The summed E-state index contributed by atoms with van der Waals surface area (Å²) in [5, 5.41) is 12.2. The van der Waals surface area contributed by atoms with Crippen LogP contribution in [-0.4, -0.2) is 35.1 Å². The minimum atomic E-state index is -0.831. The van der Waals surface area contributed by atoms with Crippen molar-refractivity contribution >= 4 is 49.5 Å². The SMILES string of the molecule is CCC1(C(=O)O)CCN(C(=O)Nc2c(Br)cccc2Br)C1. The van der Waals surface area contributed by atoms with Gasteiger partial charge in [0.05, 0.1) is 11.1 Å². The topological polar surface area (TPSA) is 69.6 Å². The molecule has 1 fully saturated rings. The zero-order valence-electron chi connectivity index (χ0n) is 11.5. The van der Waals surface area contributed by atoms with Crippen molar-refractivity contribution in [1.29, 1.82) is 0 Å². The quantitative estimate of drug-likeness (QED) is 0.779. The summed E-state index contributed by atoms with van der Waals surface area (Å²) in [6.45, 7) is 2.54. The maximum absolute atomic E-state index is 12.3. The Balaban J connectivity index is 2.11. The van der Waals surface area contributed by atoms with E-state index >= 15 is 0 Å². The highest BCUT2D eigenvalue weighted by atomic mass is 79.9. The molecule has 1 aliphatic rings. The van der Waals surface area contributed by atoms with Crippen molar-refractivity contribution in [1.82, 2.24) is 4.90 Å². The number of carboxylic acid groups (broad SMARTS) is 1. The van der Waals surface area contributed by atoms with Crippen molar-refractivity contribution in [3.8, 4) is 0 Å². The van der Waals surface area contributed by atoms with Gasteiger partial charge in [-0.25, -0.2) is 4.79 Å². The summed E-state index contributed by atoms with van der Waals surface area (Å²) in [5.74, 6) is -0.831. The molecule has 1 unspecified atom stereocenters. The van der Waals surface area contributed by atoms with Crippen molar-refractivity contribution in [2.24, 2.45) is 5.41 Å². The lowest BCUT2D eigenvalue weighted by Gasteiger charge is -2.23. The molecule has 5 nitrogen and oxygen atoms in total. The fraction of sp³-hybridized carbons (Fsp3) is 0.429. The summed E-state index contributed by atoms with van der Waals surface area (Å²) >= 11 is 6.77. The third kappa shape index (κ3) is 3.23. The summed E-state index contributed by atoms with van der Waals surface area (Å²) in [6.07, 6.45) is 1.01. The van der Waals surface area contributed by atoms with Gasteiger partial charge in [-0.3, -0.25) is 4.79 Å². The van der Waals surface area contributed by atoms with E-state index in [1.54, 1.807) is 4.90 Å². The van der Waals surface area contributed by atoms with Gasteiger partial charge in [0.2, 0.25) is 0 Å². The van der Waals surface area contributed by atoms with Crippen molar-refractivity contribution < 1.29 is 14.7 Å². The van der Waals surface area contributed by atoms with Crippen LogP contribution < -0.4 is 5.32 Å². The Morgan fingerprint density at radius 3 is 2.48 bits per heavy atom. The molecule has 1 atom stereocenters. The van der Waals surface area contributed by atoms with Crippen LogP contribution in [0.2, 0.25) is 0 Å². The molecular formula is C14H16Br2N2O3. The van der Waals surface area contributed by atoms with Gasteiger partial charge in [-0.05, 0) is 56.8 Å². The van der Waals surface area contributed by atoms with Crippen LogP contribution in [0.15, 0.2) is 27.1 Å². The van der Waals surface area contributed by atoms with E-state index in [9.17, 15) is 14.7 Å². The van der Waals surface area contributed by atoms with Gasteiger partial charge < -0.3 is 15.3 Å². The molecular weight excluding hydrogens is 404 g/mol. The third-order valence-electron chi connectivity index (χ3n) is 3.97. The van der Waals surface area contributed by atoms with Crippen molar-refractivity contribution in [3.05, 3.63) is 27.1 Å².